The van der Waals surface area contributed by atoms with Gasteiger partial charge in [0.2, 0.25) is 0 Å². The Labute approximate surface area is 122 Å². The lowest BCUT2D eigenvalue weighted by molar-refractivity contribution is -0.141. The molecule has 0 radical (unpaired) electrons. The van der Waals surface area contributed by atoms with Crippen molar-refractivity contribution >= 4 is 18.1 Å². The van der Waals surface area contributed by atoms with Crippen molar-refractivity contribution in [1.29, 1.82) is 0 Å². The third-order valence-electron chi connectivity index (χ3n) is 3.01. The fourth-order valence-corrected chi connectivity index (χ4v) is 1.97. The first-order valence-electron chi connectivity index (χ1n) is 6.91. The van der Waals surface area contributed by atoms with Crippen molar-refractivity contribution in [2.24, 2.45) is 0 Å². The minimum absolute atomic E-state index is 0.0349. The molecule has 1 saturated carbocycles. The van der Waals surface area contributed by atoms with Gasteiger partial charge in [-0.2, -0.15) is 0 Å². The minimum atomic E-state index is -1.23. The van der Waals surface area contributed by atoms with Crippen LogP contribution in [-0.4, -0.2) is 42.5 Å². The third kappa shape index (κ3) is 7.34. The van der Waals surface area contributed by atoms with Gasteiger partial charge in [-0.25, -0.2) is 14.4 Å². The van der Waals surface area contributed by atoms with Gasteiger partial charge in [-0.1, -0.05) is 6.42 Å². The highest BCUT2D eigenvalue weighted by Gasteiger charge is 2.18. The van der Waals surface area contributed by atoms with E-state index in [2.05, 4.69) is 0 Å². The molecule has 0 bridgehead atoms. The van der Waals surface area contributed by atoms with Gasteiger partial charge in [-0.05, 0) is 32.6 Å². The van der Waals surface area contributed by atoms with E-state index in [1.807, 2.05) is 0 Å². The molecule has 1 fully saturated rings. The molecule has 0 aromatic carbocycles. The van der Waals surface area contributed by atoms with Crippen LogP contribution in [0, 0.1) is 0 Å². The number of hydrogen-bond acceptors (Lipinski definition) is 6. The van der Waals surface area contributed by atoms with Gasteiger partial charge in [0.05, 0.1) is 0 Å². The molecule has 7 nitrogen and oxygen atoms in total. The Morgan fingerprint density at radius 1 is 1.10 bits per heavy atom. The summed E-state index contributed by atoms with van der Waals surface area (Å²) in [6, 6.07) is 0. The molecule has 0 unspecified atom stereocenters. The summed E-state index contributed by atoms with van der Waals surface area (Å²) in [6.07, 6.45) is 4.85. The molecule has 0 aliphatic heterocycles. The number of esters is 1. The Kier molecular flexibility index (Phi) is 7.28. The van der Waals surface area contributed by atoms with Gasteiger partial charge >= 0.3 is 18.1 Å². The Balaban J connectivity index is 2.14. The van der Waals surface area contributed by atoms with E-state index in [1.54, 1.807) is 0 Å². The lowest BCUT2D eigenvalue weighted by atomic mass is 9.98. The number of rotatable bonds is 6. The summed E-state index contributed by atoms with van der Waals surface area (Å²) in [4.78, 5) is 33.0. The summed E-state index contributed by atoms with van der Waals surface area (Å²) in [5.41, 5.74) is -0.0349. The molecule has 1 aliphatic carbocycles. The average Bonchev–Trinajstić information content (AvgIpc) is 2.43. The molecule has 0 aromatic rings. The first-order chi connectivity index (χ1) is 9.99. The number of hydrogen-bond donors (Lipinski definition) is 1. The van der Waals surface area contributed by atoms with Gasteiger partial charge in [-0.15, -0.1) is 0 Å². The van der Waals surface area contributed by atoms with E-state index in [1.165, 1.54) is 6.92 Å². The van der Waals surface area contributed by atoms with Crippen LogP contribution < -0.4 is 0 Å². The number of carboxylic acids is 1. The van der Waals surface area contributed by atoms with Crippen molar-refractivity contribution in [3.63, 3.8) is 0 Å². The monoisotopic (exact) mass is 300 g/mol. The number of carbonyl (C=O) groups is 3. The van der Waals surface area contributed by atoms with Crippen molar-refractivity contribution in [1.82, 2.24) is 0 Å². The zero-order valence-electron chi connectivity index (χ0n) is 12.0. The van der Waals surface area contributed by atoms with Crippen molar-refractivity contribution in [3.05, 3.63) is 11.6 Å². The van der Waals surface area contributed by atoms with Crippen LogP contribution in [0.15, 0.2) is 11.6 Å². The highest BCUT2D eigenvalue weighted by atomic mass is 16.7. The summed E-state index contributed by atoms with van der Waals surface area (Å²) in [5.74, 6) is -1.99. The lowest BCUT2D eigenvalue weighted by Gasteiger charge is -2.21. The van der Waals surface area contributed by atoms with Gasteiger partial charge in [0, 0.05) is 11.6 Å². The Bertz CT molecular complexity index is 408. The SMILES string of the molecule is C/C(=C\C(=O)O)C(=O)OCCOC(=O)OC1CCCCC1. The molecule has 1 aliphatic rings. The van der Waals surface area contributed by atoms with Crippen molar-refractivity contribution < 1.29 is 33.7 Å². The van der Waals surface area contributed by atoms with Crippen molar-refractivity contribution in [2.45, 2.75) is 45.1 Å². The van der Waals surface area contributed by atoms with E-state index in [-0.39, 0.29) is 24.9 Å². The number of aliphatic carboxylic acids is 1. The Hall–Kier alpha value is -2.05. The summed E-state index contributed by atoms with van der Waals surface area (Å²) in [7, 11) is 0. The normalized spacial score (nSPS) is 16.1. The van der Waals surface area contributed by atoms with E-state index >= 15 is 0 Å². The highest BCUT2D eigenvalue weighted by Crippen LogP contribution is 2.20. The molecule has 0 heterocycles. The molecule has 0 saturated heterocycles. The van der Waals surface area contributed by atoms with Crippen LogP contribution in [0.3, 0.4) is 0 Å². The maximum atomic E-state index is 11.4. The molecule has 0 atom stereocenters. The van der Waals surface area contributed by atoms with Crippen LogP contribution in [-0.2, 0) is 23.8 Å². The standard InChI is InChI=1S/C14H20O7/c1-10(9-12(15)16)13(17)19-7-8-20-14(18)21-11-5-3-2-4-6-11/h9,11H,2-8H2,1H3,(H,15,16)/b10-9+. The summed E-state index contributed by atoms with van der Waals surface area (Å²) < 4.78 is 14.6. The molecule has 7 heteroatoms. The van der Waals surface area contributed by atoms with E-state index < -0.39 is 18.1 Å². The van der Waals surface area contributed by atoms with Crippen LogP contribution in [0.5, 0.6) is 0 Å². The maximum absolute atomic E-state index is 11.4. The lowest BCUT2D eigenvalue weighted by Crippen LogP contribution is -2.23. The molecular weight excluding hydrogens is 280 g/mol. The van der Waals surface area contributed by atoms with Crippen LogP contribution in [0.1, 0.15) is 39.0 Å². The zero-order chi connectivity index (χ0) is 15.7. The smallest absolute Gasteiger partial charge is 0.478 e. The minimum Gasteiger partial charge on any atom is -0.478 e. The molecule has 0 amide bonds. The largest absolute Gasteiger partial charge is 0.508 e. The first kappa shape index (κ1) is 17.0. The quantitative estimate of drug-likeness (QED) is 0.455. The molecule has 118 valence electrons. The maximum Gasteiger partial charge on any atom is 0.508 e. The van der Waals surface area contributed by atoms with Crippen LogP contribution in [0.25, 0.3) is 0 Å². The van der Waals surface area contributed by atoms with E-state index in [0.29, 0.717) is 0 Å². The van der Waals surface area contributed by atoms with Gasteiger partial charge in [0.1, 0.15) is 19.3 Å². The second-order valence-corrected chi connectivity index (χ2v) is 4.78. The molecule has 0 spiro atoms. The average molecular weight is 300 g/mol. The van der Waals surface area contributed by atoms with Gasteiger partial charge in [0.15, 0.2) is 0 Å². The van der Waals surface area contributed by atoms with Crippen molar-refractivity contribution in [3.8, 4) is 0 Å². The second kappa shape index (κ2) is 8.99. The molecule has 0 aromatic heterocycles. The fraction of sp³-hybridized carbons (Fsp3) is 0.643. The Morgan fingerprint density at radius 3 is 2.33 bits per heavy atom. The predicted octanol–water partition coefficient (Wildman–Crippen LogP) is 2.05. The van der Waals surface area contributed by atoms with Crippen LogP contribution in [0.2, 0.25) is 0 Å². The molecule has 21 heavy (non-hydrogen) atoms. The van der Waals surface area contributed by atoms with Crippen LogP contribution >= 0.6 is 0 Å². The fourth-order valence-electron chi connectivity index (χ4n) is 1.97. The first-order valence-corrected chi connectivity index (χ1v) is 6.91. The second-order valence-electron chi connectivity index (χ2n) is 4.78. The van der Waals surface area contributed by atoms with Crippen molar-refractivity contribution in [2.75, 3.05) is 13.2 Å². The Morgan fingerprint density at radius 2 is 1.71 bits per heavy atom. The molecule has 1 N–H and O–H groups in total. The number of ether oxygens (including phenoxy) is 3. The van der Waals surface area contributed by atoms with Crippen LogP contribution in [0.4, 0.5) is 4.79 Å². The van der Waals surface area contributed by atoms with Gasteiger partial charge in [-0.3, -0.25) is 0 Å². The zero-order valence-corrected chi connectivity index (χ0v) is 12.0. The van der Waals surface area contributed by atoms with E-state index in [9.17, 15) is 14.4 Å². The molecular formula is C14H20O7. The van der Waals surface area contributed by atoms with Gasteiger partial charge in [0.25, 0.3) is 0 Å². The van der Waals surface area contributed by atoms with E-state index in [4.69, 9.17) is 19.3 Å². The summed E-state index contributed by atoms with van der Waals surface area (Å²) in [5, 5.41) is 8.46. The van der Waals surface area contributed by atoms with Gasteiger partial charge < -0.3 is 19.3 Å². The number of carbonyl (C=O) groups excluding carboxylic acids is 2. The summed E-state index contributed by atoms with van der Waals surface area (Å²) in [6.45, 7) is 1.05. The molecule has 1 rings (SSSR count). The number of carboxylic acid groups (broad SMARTS) is 1. The highest BCUT2D eigenvalue weighted by molar-refractivity contribution is 5.95. The third-order valence-corrected chi connectivity index (χ3v) is 3.01. The summed E-state index contributed by atoms with van der Waals surface area (Å²) >= 11 is 0. The van der Waals surface area contributed by atoms with E-state index in [0.717, 1.165) is 38.2 Å². The topological polar surface area (TPSA) is 99.1 Å². The predicted molar refractivity (Wildman–Crippen MR) is 71.7 cm³/mol.